The van der Waals surface area contributed by atoms with Gasteiger partial charge in [-0.25, -0.2) is 4.79 Å². The molecule has 4 rings (SSSR count). The lowest BCUT2D eigenvalue weighted by Crippen LogP contribution is -2.70. The van der Waals surface area contributed by atoms with Gasteiger partial charge in [0.25, 0.3) is 0 Å². The van der Waals surface area contributed by atoms with E-state index in [2.05, 4.69) is 10.2 Å². The Morgan fingerprint density at radius 1 is 1.15 bits per heavy atom. The SMILES string of the molecule is CC(=O)Nc1ccc2c(c1)CC1(C(=O)N(C)C(=O)N(C)C1=O)[C@H]1CCCN21. The van der Waals surface area contributed by atoms with Crippen molar-refractivity contribution in [1.29, 1.82) is 0 Å². The van der Waals surface area contributed by atoms with Crippen molar-refractivity contribution < 1.29 is 19.2 Å². The second kappa shape index (κ2) is 5.80. The molecule has 1 N–H and O–H groups in total. The van der Waals surface area contributed by atoms with Gasteiger partial charge < -0.3 is 10.2 Å². The molecule has 8 heteroatoms. The number of imide groups is 2. The van der Waals surface area contributed by atoms with Crippen LogP contribution in [0.1, 0.15) is 25.3 Å². The standard InChI is InChI=1S/C19H22N4O4/c1-11(24)20-13-6-7-14-12(9-13)10-19(15-5-4-8-23(14)15)16(25)21(2)18(27)22(3)17(19)26/h6-7,9,15H,4-5,8,10H2,1-3H3,(H,20,24)/t15-/m1/s1. The third kappa shape index (κ3) is 2.28. The lowest BCUT2D eigenvalue weighted by Gasteiger charge is -2.50. The van der Waals surface area contributed by atoms with Crippen molar-refractivity contribution in [2.45, 2.75) is 32.2 Å². The number of hydrogen-bond acceptors (Lipinski definition) is 5. The Kier molecular flexibility index (Phi) is 3.76. The second-order valence-electron chi connectivity index (χ2n) is 7.54. The van der Waals surface area contributed by atoms with E-state index in [1.54, 1.807) is 0 Å². The van der Waals surface area contributed by atoms with Crippen LogP contribution in [0.2, 0.25) is 0 Å². The van der Waals surface area contributed by atoms with Crippen LogP contribution in [0, 0.1) is 5.41 Å². The highest BCUT2D eigenvalue weighted by atomic mass is 16.2. The van der Waals surface area contributed by atoms with E-state index in [9.17, 15) is 19.2 Å². The zero-order chi connectivity index (χ0) is 19.5. The average molecular weight is 370 g/mol. The van der Waals surface area contributed by atoms with E-state index in [1.165, 1.54) is 21.0 Å². The lowest BCUT2D eigenvalue weighted by molar-refractivity contribution is -0.159. The molecule has 0 aromatic heterocycles. The summed E-state index contributed by atoms with van der Waals surface area (Å²) in [6, 6.07) is 4.72. The molecule has 142 valence electrons. The van der Waals surface area contributed by atoms with Crippen LogP contribution in [0.25, 0.3) is 0 Å². The Morgan fingerprint density at radius 3 is 2.44 bits per heavy atom. The molecule has 0 bridgehead atoms. The number of amides is 5. The fraction of sp³-hybridized carbons (Fsp3) is 0.474. The molecule has 1 atom stereocenters. The third-order valence-electron chi connectivity index (χ3n) is 5.95. The summed E-state index contributed by atoms with van der Waals surface area (Å²) >= 11 is 0. The molecular formula is C19H22N4O4. The largest absolute Gasteiger partial charge is 0.367 e. The second-order valence-corrected chi connectivity index (χ2v) is 7.54. The highest BCUT2D eigenvalue weighted by molar-refractivity contribution is 6.20. The zero-order valence-corrected chi connectivity index (χ0v) is 15.6. The normalized spacial score (nSPS) is 23.6. The van der Waals surface area contributed by atoms with Gasteiger partial charge in [0.05, 0.1) is 6.04 Å². The van der Waals surface area contributed by atoms with Crippen LogP contribution in [0.4, 0.5) is 16.2 Å². The van der Waals surface area contributed by atoms with Crippen molar-refractivity contribution in [2.75, 3.05) is 30.9 Å². The highest BCUT2D eigenvalue weighted by Crippen LogP contribution is 2.49. The van der Waals surface area contributed by atoms with Crippen LogP contribution in [0.3, 0.4) is 0 Å². The van der Waals surface area contributed by atoms with Crippen LogP contribution in [0.15, 0.2) is 18.2 Å². The molecule has 0 aliphatic carbocycles. The molecule has 3 aliphatic heterocycles. The van der Waals surface area contributed by atoms with Crippen molar-refractivity contribution in [2.24, 2.45) is 5.41 Å². The Bertz CT molecular complexity index is 856. The van der Waals surface area contributed by atoms with Crippen molar-refractivity contribution in [3.63, 3.8) is 0 Å². The molecular weight excluding hydrogens is 348 g/mol. The number of rotatable bonds is 1. The number of carbonyl (C=O) groups excluding carboxylic acids is 4. The number of nitrogens with one attached hydrogen (secondary N) is 1. The summed E-state index contributed by atoms with van der Waals surface area (Å²) in [5, 5.41) is 2.75. The summed E-state index contributed by atoms with van der Waals surface area (Å²) in [6.07, 6.45) is 1.82. The van der Waals surface area contributed by atoms with Gasteiger partial charge in [-0.05, 0) is 43.0 Å². The molecule has 0 saturated carbocycles. The molecule has 2 fully saturated rings. The summed E-state index contributed by atoms with van der Waals surface area (Å²) < 4.78 is 0. The molecule has 0 unspecified atom stereocenters. The van der Waals surface area contributed by atoms with Gasteiger partial charge >= 0.3 is 6.03 Å². The lowest BCUT2D eigenvalue weighted by atomic mass is 9.68. The Hall–Kier alpha value is -2.90. The minimum Gasteiger partial charge on any atom is -0.367 e. The minimum atomic E-state index is -1.31. The van der Waals surface area contributed by atoms with Crippen LogP contribution in [-0.2, 0) is 20.8 Å². The van der Waals surface area contributed by atoms with E-state index in [0.29, 0.717) is 5.69 Å². The van der Waals surface area contributed by atoms with Gasteiger partial charge in [-0.2, -0.15) is 0 Å². The summed E-state index contributed by atoms with van der Waals surface area (Å²) in [7, 11) is 2.86. The number of benzene rings is 1. The van der Waals surface area contributed by atoms with Crippen LogP contribution in [-0.4, -0.2) is 60.2 Å². The Balaban J connectivity index is 1.86. The first kappa shape index (κ1) is 17.5. The van der Waals surface area contributed by atoms with Gasteiger partial charge in [0.15, 0.2) is 5.41 Å². The Labute approximate surface area is 157 Å². The van der Waals surface area contributed by atoms with Gasteiger partial charge in [0.2, 0.25) is 17.7 Å². The predicted molar refractivity (Wildman–Crippen MR) is 98.2 cm³/mol. The molecule has 2 saturated heterocycles. The summed E-state index contributed by atoms with van der Waals surface area (Å²) in [5.41, 5.74) is 1.13. The monoisotopic (exact) mass is 370 g/mol. The Morgan fingerprint density at radius 2 is 1.81 bits per heavy atom. The maximum atomic E-state index is 13.2. The minimum absolute atomic E-state index is 0.186. The maximum absolute atomic E-state index is 13.2. The molecule has 0 radical (unpaired) electrons. The number of urea groups is 1. The quantitative estimate of drug-likeness (QED) is 0.751. The number of carbonyl (C=O) groups is 4. The van der Waals surface area contributed by atoms with Gasteiger partial charge in [0, 0.05) is 38.9 Å². The average Bonchev–Trinajstić information content (AvgIpc) is 3.13. The fourth-order valence-corrected chi connectivity index (χ4v) is 4.80. The molecule has 1 aromatic rings. The summed E-state index contributed by atoms with van der Waals surface area (Å²) in [6.45, 7) is 2.18. The summed E-state index contributed by atoms with van der Waals surface area (Å²) in [5.74, 6) is -1.07. The smallest absolute Gasteiger partial charge is 0.332 e. The fourth-order valence-electron chi connectivity index (χ4n) is 4.80. The van der Waals surface area contributed by atoms with Crippen LogP contribution in [0.5, 0.6) is 0 Å². The first-order chi connectivity index (χ1) is 12.8. The van der Waals surface area contributed by atoms with E-state index in [0.717, 1.165) is 40.4 Å². The molecule has 3 aliphatic rings. The number of anilines is 2. The molecule has 3 heterocycles. The van der Waals surface area contributed by atoms with Crippen LogP contribution < -0.4 is 10.2 Å². The van der Waals surface area contributed by atoms with Gasteiger partial charge in [-0.15, -0.1) is 0 Å². The van der Waals surface area contributed by atoms with E-state index < -0.39 is 23.3 Å². The zero-order valence-electron chi connectivity index (χ0n) is 15.6. The molecule has 1 spiro atoms. The molecule has 27 heavy (non-hydrogen) atoms. The summed E-state index contributed by atoms with van der Waals surface area (Å²) in [4.78, 5) is 54.4. The molecule has 8 nitrogen and oxygen atoms in total. The van der Waals surface area contributed by atoms with Crippen molar-refractivity contribution in [3.05, 3.63) is 23.8 Å². The predicted octanol–water partition coefficient (Wildman–Crippen LogP) is 1.21. The van der Waals surface area contributed by atoms with E-state index in [4.69, 9.17) is 0 Å². The third-order valence-corrected chi connectivity index (χ3v) is 5.95. The van der Waals surface area contributed by atoms with Crippen molar-refractivity contribution >= 4 is 35.1 Å². The topological polar surface area (TPSA) is 90.0 Å². The van der Waals surface area contributed by atoms with E-state index in [-0.39, 0.29) is 18.4 Å². The first-order valence-electron chi connectivity index (χ1n) is 9.05. The van der Waals surface area contributed by atoms with Crippen molar-refractivity contribution in [3.8, 4) is 0 Å². The van der Waals surface area contributed by atoms with E-state index >= 15 is 0 Å². The number of nitrogens with zero attached hydrogens (tertiary/aromatic N) is 3. The number of fused-ring (bicyclic) bond motifs is 4. The van der Waals surface area contributed by atoms with Gasteiger partial charge in [0.1, 0.15) is 0 Å². The number of barbiturate groups is 1. The number of hydrogen-bond donors (Lipinski definition) is 1. The maximum Gasteiger partial charge on any atom is 0.332 e. The van der Waals surface area contributed by atoms with Gasteiger partial charge in [-0.3, -0.25) is 24.2 Å². The highest BCUT2D eigenvalue weighted by Gasteiger charge is 2.63. The van der Waals surface area contributed by atoms with Crippen LogP contribution >= 0.6 is 0 Å². The van der Waals surface area contributed by atoms with E-state index in [1.807, 2.05) is 18.2 Å². The molecule has 1 aromatic carbocycles. The molecule has 5 amide bonds. The first-order valence-corrected chi connectivity index (χ1v) is 9.05. The van der Waals surface area contributed by atoms with Gasteiger partial charge in [-0.1, -0.05) is 0 Å². The van der Waals surface area contributed by atoms with Crippen molar-refractivity contribution in [1.82, 2.24) is 9.80 Å².